The summed E-state index contributed by atoms with van der Waals surface area (Å²) in [6, 6.07) is 0. The zero-order valence-corrected chi connectivity index (χ0v) is 3.91. The smallest absolute Gasteiger partial charge is 0.254 e. The van der Waals surface area contributed by atoms with Crippen LogP contribution in [0.2, 0.25) is 0 Å². The average molecular weight is 141 g/mol. The quantitative estimate of drug-likeness (QED) is 0.260. The van der Waals surface area contributed by atoms with E-state index in [1.165, 1.54) is 0 Å². The van der Waals surface area contributed by atoms with Crippen LogP contribution in [0.1, 0.15) is 0 Å². The van der Waals surface area contributed by atoms with Crippen molar-refractivity contribution >= 4 is 11.0 Å². The van der Waals surface area contributed by atoms with Crippen molar-refractivity contribution in [2.75, 3.05) is 0 Å². The summed E-state index contributed by atoms with van der Waals surface area (Å²) in [5.41, 5.74) is 0. The normalized spacial score (nSPS) is 6.80. The van der Waals surface area contributed by atoms with E-state index in [0.717, 1.165) is 0 Å². The first-order chi connectivity index (χ1) is 1.73. The van der Waals surface area contributed by atoms with Crippen LogP contribution in [0.4, 0.5) is 0 Å². The third kappa shape index (κ3) is 156. The van der Waals surface area contributed by atoms with E-state index >= 15 is 0 Å². The molecule has 0 aromatic carbocycles. The molecule has 0 aromatic rings. The molecule has 0 amide bonds. The molecule has 0 unspecified atom stereocenters. The van der Waals surface area contributed by atoms with Gasteiger partial charge in [-0.05, 0) is 0 Å². The fourth-order valence-electron chi connectivity index (χ4n) is 0. The first kappa shape index (κ1) is 9.05. The Balaban J connectivity index is 0. The molecule has 0 heterocycles. The summed E-state index contributed by atoms with van der Waals surface area (Å²) in [6.07, 6.45) is 0. The van der Waals surface area contributed by atoms with Gasteiger partial charge < -0.3 is 0 Å². The molecular formula is H2NiO3S. The van der Waals surface area contributed by atoms with Crippen LogP contribution in [0.5, 0.6) is 0 Å². The SMILES string of the molecule is O=[SH](=O)O.[Ni]. The van der Waals surface area contributed by atoms with E-state index in [1.54, 1.807) is 0 Å². The molecule has 0 rings (SSSR count). The van der Waals surface area contributed by atoms with Gasteiger partial charge in [-0.1, -0.05) is 0 Å². The summed E-state index contributed by atoms with van der Waals surface area (Å²) in [5, 5.41) is 0. The second-order valence-corrected chi connectivity index (χ2v) is 0.714. The van der Waals surface area contributed by atoms with Gasteiger partial charge in [-0.3, -0.25) is 4.55 Å². The fourth-order valence-corrected chi connectivity index (χ4v) is 0. The second kappa shape index (κ2) is 4.40. The Kier molecular flexibility index (Phi) is 7.97. The first-order valence-corrected chi connectivity index (χ1v) is 1.70. The van der Waals surface area contributed by atoms with Crippen LogP contribution in [0.15, 0.2) is 0 Å². The zero-order valence-electron chi connectivity index (χ0n) is 2.03. The topological polar surface area (TPSA) is 54.4 Å². The number of thiol groups is 1. The molecule has 1 N–H and O–H groups in total. The molecule has 0 bridgehead atoms. The minimum Gasteiger partial charge on any atom is -0.288 e. The van der Waals surface area contributed by atoms with Crippen LogP contribution in [-0.2, 0) is 27.5 Å². The Morgan fingerprint density at radius 1 is 1.40 bits per heavy atom. The van der Waals surface area contributed by atoms with Crippen LogP contribution in [0.3, 0.4) is 0 Å². The summed E-state index contributed by atoms with van der Waals surface area (Å²) in [7, 11) is -3.12. The van der Waals surface area contributed by atoms with Crippen molar-refractivity contribution in [3.05, 3.63) is 0 Å². The van der Waals surface area contributed by atoms with Crippen LogP contribution in [-0.4, -0.2) is 13.0 Å². The van der Waals surface area contributed by atoms with Gasteiger partial charge in [0.05, 0.1) is 0 Å². The fraction of sp³-hybridized carbons (Fsp3) is 0. The van der Waals surface area contributed by atoms with Crippen LogP contribution in [0, 0.1) is 0 Å². The van der Waals surface area contributed by atoms with Gasteiger partial charge >= 0.3 is 0 Å². The predicted molar refractivity (Wildman–Crippen MR) is 12.9 cm³/mol. The molecule has 5 heavy (non-hydrogen) atoms. The predicted octanol–water partition coefficient (Wildman–Crippen LogP) is -0.932. The average Bonchev–Trinajstić information content (AvgIpc) is 0.811. The standard InChI is InChI=1S/Ni.H2O3S/c;1-4(2)3/h;4H,(H,1,2,3). The minimum atomic E-state index is -3.12. The van der Waals surface area contributed by atoms with Crippen molar-refractivity contribution in [2.24, 2.45) is 0 Å². The van der Waals surface area contributed by atoms with Crippen molar-refractivity contribution in [1.82, 2.24) is 0 Å². The summed E-state index contributed by atoms with van der Waals surface area (Å²) in [5.74, 6) is 0. The van der Waals surface area contributed by atoms with E-state index < -0.39 is 11.0 Å². The van der Waals surface area contributed by atoms with Crippen LogP contribution < -0.4 is 0 Å². The number of hydrogen-bond acceptors (Lipinski definition) is 2. The van der Waals surface area contributed by atoms with Gasteiger partial charge in [0.1, 0.15) is 0 Å². The summed E-state index contributed by atoms with van der Waals surface area (Å²) < 4.78 is 24.2. The maximum atomic E-state index is 8.59. The summed E-state index contributed by atoms with van der Waals surface area (Å²) in [6.45, 7) is 0. The molecule has 3 nitrogen and oxygen atoms in total. The molecule has 36 valence electrons. The van der Waals surface area contributed by atoms with E-state index in [9.17, 15) is 0 Å². The Bertz CT molecular complexity index is 55.3. The van der Waals surface area contributed by atoms with Gasteiger partial charge in [-0.25, -0.2) is 8.42 Å². The molecular weight excluding hydrogens is 139 g/mol. The zero-order chi connectivity index (χ0) is 3.58. The maximum absolute atomic E-state index is 8.59. The molecule has 0 aliphatic rings. The van der Waals surface area contributed by atoms with E-state index in [2.05, 4.69) is 0 Å². The Morgan fingerprint density at radius 2 is 1.40 bits per heavy atom. The summed E-state index contributed by atoms with van der Waals surface area (Å²) >= 11 is 0. The molecule has 0 aromatic heterocycles. The molecule has 0 atom stereocenters. The largest absolute Gasteiger partial charge is 0.288 e. The first-order valence-electron chi connectivity index (χ1n) is 0.565. The molecule has 0 saturated heterocycles. The van der Waals surface area contributed by atoms with Gasteiger partial charge in [-0.2, -0.15) is 0 Å². The third-order valence-corrected chi connectivity index (χ3v) is 0. The Morgan fingerprint density at radius 3 is 1.40 bits per heavy atom. The molecule has 0 saturated carbocycles. The third-order valence-electron chi connectivity index (χ3n) is 0. The van der Waals surface area contributed by atoms with Crippen molar-refractivity contribution in [1.29, 1.82) is 0 Å². The van der Waals surface area contributed by atoms with Crippen LogP contribution in [0.25, 0.3) is 0 Å². The minimum absolute atomic E-state index is 0. The maximum Gasteiger partial charge on any atom is 0.254 e. The van der Waals surface area contributed by atoms with Gasteiger partial charge in [-0.15, -0.1) is 0 Å². The molecule has 0 fully saturated rings. The van der Waals surface area contributed by atoms with Crippen molar-refractivity contribution < 1.29 is 29.5 Å². The van der Waals surface area contributed by atoms with Gasteiger partial charge in [0.2, 0.25) is 0 Å². The van der Waals surface area contributed by atoms with Crippen molar-refractivity contribution in [3.63, 3.8) is 0 Å². The molecule has 0 aliphatic heterocycles. The Labute approximate surface area is 41.1 Å². The van der Waals surface area contributed by atoms with E-state index in [-0.39, 0.29) is 16.5 Å². The Hall–Kier alpha value is 0.404. The van der Waals surface area contributed by atoms with Crippen LogP contribution >= 0.6 is 0 Å². The van der Waals surface area contributed by atoms with E-state index in [1.807, 2.05) is 0 Å². The molecule has 0 spiro atoms. The van der Waals surface area contributed by atoms with Gasteiger partial charge in [0, 0.05) is 16.5 Å². The van der Waals surface area contributed by atoms with E-state index in [4.69, 9.17) is 13.0 Å². The molecule has 0 radical (unpaired) electrons. The molecule has 5 heteroatoms. The monoisotopic (exact) mass is 140 g/mol. The van der Waals surface area contributed by atoms with Crippen molar-refractivity contribution in [2.45, 2.75) is 0 Å². The summed E-state index contributed by atoms with van der Waals surface area (Å²) in [4.78, 5) is 0. The second-order valence-electron chi connectivity index (χ2n) is 0.238. The van der Waals surface area contributed by atoms with Crippen molar-refractivity contribution in [3.8, 4) is 0 Å². The van der Waals surface area contributed by atoms with Gasteiger partial charge in [0.25, 0.3) is 11.0 Å². The number of hydrogen-bond donors (Lipinski definition) is 2. The molecule has 0 aliphatic carbocycles. The number of rotatable bonds is 0. The van der Waals surface area contributed by atoms with E-state index in [0.29, 0.717) is 0 Å². The van der Waals surface area contributed by atoms with Gasteiger partial charge in [0.15, 0.2) is 0 Å².